The molecular formula is C85H103N11O22. The number of para-hydroxylation sites is 3. The molecule has 0 radical (unpaired) electrons. The number of hydrogen-bond donors (Lipinski definition) is 16. The number of rotatable bonds is 15. The molecule has 33 nitrogen and oxygen atoms in total. The minimum Gasteiger partial charge on any atom is -0.507 e. The van der Waals surface area contributed by atoms with Crippen LogP contribution < -0.4 is 53.2 Å². The fraction of sp³-hybridized carbons (Fsp3) is 0.435. The Morgan fingerprint density at radius 2 is 0.703 bits per heavy atom. The van der Waals surface area contributed by atoms with Crippen molar-refractivity contribution in [2.75, 3.05) is 26.9 Å². The van der Waals surface area contributed by atoms with Crippen LogP contribution in [0, 0.1) is 17.8 Å². The summed E-state index contributed by atoms with van der Waals surface area (Å²) in [6.07, 6.45) is -4.87. The van der Waals surface area contributed by atoms with Gasteiger partial charge in [-0.2, -0.15) is 0 Å². The Morgan fingerprint density at radius 1 is 0.381 bits per heavy atom. The molecule has 118 heavy (non-hydrogen) atoms. The minimum atomic E-state index is -1.38. The van der Waals surface area contributed by atoms with Crippen molar-refractivity contribution < 1.29 is 107 Å². The molecule has 0 aliphatic carbocycles. The molecule has 21 atom stereocenters. The van der Waals surface area contributed by atoms with Crippen LogP contribution in [0.15, 0.2) is 164 Å². The van der Waals surface area contributed by atoms with Crippen molar-refractivity contribution in [1.29, 1.82) is 0 Å². The summed E-state index contributed by atoms with van der Waals surface area (Å²) in [4.78, 5) is 161. The summed E-state index contributed by atoms with van der Waals surface area (Å²) in [5.41, 5.74) is 2.30. The second-order valence-electron chi connectivity index (χ2n) is 30.4. The molecule has 11 amide bonds. The number of ether oxygens (including phenoxy) is 4. The number of phenolic OH excluding ortho intramolecular Hbond substituents is 3. The Labute approximate surface area is 681 Å². The molecule has 630 valence electrons. The fourth-order valence-electron chi connectivity index (χ4n) is 14.5. The van der Waals surface area contributed by atoms with E-state index in [0.717, 1.165) is 16.7 Å². The summed E-state index contributed by atoms with van der Waals surface area (Å²) >= 11 is 0. The van der Waals surface area contributed by atoms with Crippen LogP contribution in [0.5, 0.6) is 17.2 Å². The summed E-state index contributed by atoms with van der Waals surface area (Å²) in [6, 6.07) is 33.6. The van der Waals surface area contributed by atoms with Gasteiger partial charge in [-0.15, -0.1) is 0 Å². The predicted octanol–water partition coefficient (Wildman–Crippen LogP) is 0.790. The Balaban J connectivity index is 0.000000186. The summed E-state index contributed by atoms with van der Waals surface area (Å²) in [7, 11) is 1.50. The van der Waals surface area contributed by atoms with Crippen molar-refractivity contribution in [2.24, 2.45) is 17.8 Å². The number of cyclic esters (lactones) is 1. The second-order valence-corrected chi connectivity index (χ2v) is 30.4. The summed E-state index contributed by atoms with van der Waals surface area (Å²) in [6.45, 7) is 10.5. The van der Waals surface area contributed by atoms with Gasteiger partial charge < -0.3 is 108 Å². The van der Waals surface area contributed by atoms with Crippen LogP contribution in [0.3, 0.4) is 0 Å². The van der Waals surface area contributed by atoms with Gasteiger partial charge in [0.1, 0.15) is 53.6 Å². The number of amides is 11. The average Bonchev–Trinajstić information content (AvgIpc) is 0.488. The van der Waals surface area contributed by atoms with Gasteiger partial charge in [-0.05, 0) is 113 Å². The molecule has 0 bridgehead atoms. The van der Waals surface area contributed by atoms with Gasteiger partial charge in [0.15, 0.2) is 0 Å². The van der Waals surface area contributed by atoms with Crippen LogP contribution in [0.2, 0.25) is 0 Å². The lowest BCUT2D eigenvalue weighted by Crippen LogP contribution is -2.66. The third-order valence-corrected chi connectivity index (χ3v) is 22.0. The van der Waals surface area contributed by atoms with Gasteiger partial charge >= 0.3 is 5.97 Å². The van der Waals surface area contributed by atoms with Gasteiger partial charge in [0.25, 0.3) is 23.6 Å². The van der Waals surface area contributed by atoms with E-state index < -0.39 is 198 Å². The van der Waals surface area contributed by atoms with Gasteiger partial charge in [0, 0.05) is 33.3 Å². The SMILES string of the molecule is C[C@H]1NC(=O)C(C2CCO2)N(C)C(=O)[C@H](C)[C@H](O)[C@H](Cc2ccccc2)NC(=O)[C@H]1NC(=O)c1ccccc1O.C[C@H]1NC(=O)C(C2CCO2)NC(=O)[C@H](C)[C@H](O)[C@H](Cc2ccccc2)NC(=O)[C@H]1NC(=O)c1ccccc1O.C[C@H]1NC(=O)C(C2CCO2)OC(=O)[C@H](C)[C@H](O)[C@H](Cc2ccccc2)NC(=O)[C@H]1NC(=O)c1ccccc1O. The third kappa shape index (κ3) is 22.2. The van der Waals surface area contributed by atoms with Crippen LogP contribution in [0.1, 0.15) is 109 Å². The Hall–Kier alpha value is -11.9. The van der Waals surface area contributed by atoms with Crippen LogP contribution in [0.4, 0.5) is 0 Å². The first-order valence-corrected chi connectivity index (χ1v) is 39.3. The third-order valence-electron chi connectivity index (χ3n) is 22.0. The summed E-state index contributed by atoms with van der Waals surface area (Å²) in [5, 5.41) is 91.4. The highest BCUT2D eigenvalue weighted by Crippen LogP contribution is 2.28. The van der Waals surface area contributed by atoms with Gasteiger partial charge in [0.05, 0.1) is 101 Å². The molecule has 6 aromatic rings. The van der Waals surface area contributed by atoms with Crippen molar-refractivity contribution in [3.8, 4) is 17.2 Å². The predicted molar refractivity (Wildman–Crippen MR) is 424 cm³/mol. The first-order chi connectivity index (χ1) is 56.4. The van der Waals surface area contributed by atoms with E-state index in [1.807, 2.05) is 91.0 Å². The second kappa shape index (κ2) is 40.8. The number of likely N-dealkylation sites (N-methyl/N-ethyl adjacent to an activating group) is 1. The van der Waals surface area contributed by atoms with E-state index in [1.165, 1.54) is 69.1 Å². The van der Waals surface area contributed by atoms with Crippen LogP contribution >= 0.6 is 0 Å². The number of phenols is 3. The van der Waals surface area contributed by atoms with Gasteiger partial charge in [-0.3, -0.25) is 57.5 Å². The monoisotopic (exact) mass is 1630 g/mol. The van der Waals surface area contributed by atoms with E-state index in [1.54, 1.807) is 57.2 Å². The molecule has 16 N–H and O–H groups in total. The quantitative estimate of drug-likeness (QED) is 0.0632. The molecule has 6 heterocycles. The van der Waals surface area contributed by atoms with E-state index in [4.69, 9.17) is 18.9 Å². The lowest BCUT2D eigenvalue weighted by molar-refractivity contribution is -0.184. The maximum atomic E-state index is 13.7. The smallest absolute Gasteiger partial charge is 0.312 e. The number of aliphatic hydroxyl groups is 3. The fourth-order valence-corrected chi connectivity index (χ4v) is 14.5. The number of nitrogens with zero attached hydrogens (tertiary/aromatic N) is 1. The number of nitrogens with one attached hydrogen (secondary N) is 10. The van der Waals surface area contributed by atoms with E-state index >= 15 is 0 Å². The zero-order valence-electron chi connectivity index (χ0n) is 66.2. The molecular weight excluding hydrogens is 1530 g/mol. The number of carbonyl (C=O) groups excluding carboxylic acids is 12. The maximum absolute atomic E-state index is 13.7. The highest BCUT2D eigenvalue weighted by molar-refractivity contribution is 6.02. The average molecular weight is 1630 g/mol. The zero-order chi connectivity index (χ0) is 85.2. The van der Waals surface area contributed by atoms with Crippen molar-refractivity contribution >= 4 is 70.9 Å². The van der Waals surface area contributed by atoms with Crippen LogP contribution in [0.25, 0.3) is 0 Å². The van der Waals surface area contributed by atoms with Gasteiger partial charge in [-0.25, -0.2) is 0 Å². The number of esters is 1. The molecule has 6 aromatic carbocycles. The molecule has 6 fully saturated rings. The van der Waals surface area contributed by atoms with Crippen molar-refractivity contribution in [2.45, 2.75) is 189 Å². The van der Waals surface area contributed by atoms with Crippen molar-refractivity contribution in [1.82, 2.24) is 58.1 Å². The van der Waals surface area contributed by atoms with E-state index in [9.17, 15) is 88.2 Å². The molecule has 0 saturated carbocycles. The first kappa shape index (κ1) is 88.5. The van der Waals surface area contributed by atoms with Crippen LogP contribution in [-0.2, 0) is 81.4 Å². The molecule has 33 heteroatoms. The Bertz CT molecular complexity index is 4350. The largest absolute Gasteiger partial charge is 0.507 e. The van der Waals surface area contributed by atoms with Gasteiger partial charge in [0.2, 0.25) is 47.5 Å². The number of benzene rings is 6. The molecule has 6 unspecified atom stereocenters. The minimum absolute atomic E-state index is 0.0412. The molecule has 12 rings (SSSR count). The number of aromatic hydroxyl groups is 3. The summed E-state index contributed by atoms with van der Waals surface area (Å²) < 4.78 is 22.0. The highest BCUT2D eigenvalue weighted by Gasteiger charge is 2.48. The lowest BCUT2D eigenvalue weighted by Gasteiger charge is -2.41. The Kier molecular flexibility index (Phi) is 30.6. The normalized spacial score (nSPS) is 29.9. The molecule has 6 aliphatic rings. The molecule has 6 aliphatic heterocycles. The van der Waals surface area contributed by atoms with E-state index in [0.29, 0.717) is 39.1 Å². The standard InChI is InChI=1S/C29H36N4O7.C28H34N4O7.C28H33N3O8/c1-16-25(35)20(15-18-9-5-4-6-10-18)31-27(37)23(32-26(36)19-11-7-8-12-21(19)34)17(2)30-28(38)24(22-13-14-40-22)33(3)29(16)39;1-15-24(34)19(14-17-8-4-3-5-9-17)30-27(37)22(31-26(36)18-10-6-7-11-20(18)33)16(2)29-28(38)23(32-25(15)35)21-12-13-39-21;1-15-23(33)19(14-17-8-4-3-5-9-17)30-26(35)22(31-25(34)18-10-6-7-11-20(18)32)16(2)29-27(36)24(39-28(15)37)21-12-13-38-21/h4-12,16-17,20,22-25,34-35H,13-15H2,1-3H3,(H,30,38)(H,31,37)(H,32,36);3-11,15-16,19,21-24,33-34H,12-14H2,1-2H3,(H,29,38)(H,30,37)(H,31,36)(H,32,35);3-11,15-16,19,21-24,32-33H,12-14H2,1-2H3,(H,29,36)(H,30,35)(H,31,34)/t16-,17-,20+,22?,23+,24?,25+;15-,16-,19+,21?,22+,23?,24+;15-,16-,19+,21?,22+,23+,24?/m111/s1. The van der Waals surface area contributed by atoms with Crippen molar-refractivity contribution in [3.63, 3.8) is 0 Å². The van der Waals surface area contributed by atoms with Crippen LogP contribution in [-0.4, -0.2) is 243 Å². The summed E-state index contributed by atoms with van der Waals surface area (Å²) in [5.74, 6) is -11.7. The van der Waals surface area contributed by atoms with E-state index in [2.05, 4.69) is 53.2 Å². The number of hydrogen-bond acceptors (Lipinski definition) is 22. The Morgan fingerprint density at radius 3 is 1.05 bits per heavy atom. The topological polar surface area (TPSA) is 487 Å². The first-order valence-electron chi connectivity index (χ1n) is 39.3. The lowest BCUT2D eigenvalue weighted by atomic mass is 9.90. The van der Waals surface area contributed by atoms with Crippen molar-refractivity contribution in [3.05, 3.63) is 197 Å². The number of aliphatic hydroxyl groups excluding tert-OH is 3. The number of carbonyl (C=O) groups is 12. The van der Waals surface area contributed by atoms with E-state index in [-0.39, 0.29) is 53.2 Å². The zero-order valence-corrected chi connectivity index (χ0v) is 66.2. The molecule has 0 aromatic heterocycles. The molecule has 0 spiro atoms. The highest BCUT2D eigenvalue weighted by atomic mass is 16.6. The maximum Gasteiger partial charge on any atom is 0.312 e. The van der Waals surface area contributed by atoms with Gasteiger partial charge in [-0.1, -0.05) is 141 Å². The molecule has 6 saturated heterocycles.